The first-order valence-electron chi connectivity index (χ1n) is 11.6. The van der Waals surface area contributed by atoms with Crippen LogP contribution < -0.4 is 0 Å². The second-order valence-corrected chi connectivity index (χ2v) is 12.2. The van der Waals surface area contributed by atoms with Crippen molar-refractivity contribution in [3.63, 3.8) is 0 Å². The Balaban J connectivity index is 1.36. The molecule has 2 saturated heterocycles. The summed E-state index contributed by atoms with van der Waals surface area (Å²) in [5.74, 6) is -4.56. The molecule has 2 heterocycles. The Morgan fingerprint density at radius 3 is 1.77 bits per heavy atom. The summed E-state index contributed by atoms with van der Waals surface area (Å²) in [5, 5.41) is -5.96. The van der Waals surface area contributed by atoms with Crippen molar-refractivity contribution in [3.05, 3.63) is 0 Å². The monoisotopic (exact) mass is 531 g/mol. The summed E-state index contributed by atoms with van der Waals surface area (Å²) >= 11 is 0. The lowest BCUT2D eigenvalue weighted by molar-refractivity contribution is -0.261. The van der Waals surface area contributed by atoms with E-state index in [1.54, 1.807) is 0 Å². The molecule has 0 radical (unpaired) electrons. The average molecular weight is 531 g/mol. The zero-order valence-corrected chi connectivity index (χ0v) is 19.2. The topological polar surface area (TPSA) is 119 Å². The van der Waals surface area contributed by atoms with Crippen molar-refractivity contribution in [1.29, 1.82) is 0 Å². The molecule has 0 N–H and O–H groups in total. The van der Waals surface area contributed by atoms with Crippen LogP contribution in [0.25, 0.3) is 0 Å². The van der Waals surface area contributed by atoms with Crippen molar-refractivity contribution in [2.45, 2.75) is 86.7 Å². The van der Waals surface area contributed by atoms with Crippen LogP contribution in [-0.2, 0) is 33.9 Å². The van der Waals surface area contributed by atoms with E-state index in [-0.39, 0.29) is 6.42 Å². The Hall–Kier alpha value is -1.54. The Bertz CT molecular complexity index is 976. The first-order chi connectivity index (χ1) is 16.1. The molecule has 0 aromatic rings. The second kappa shape index (κ2) is 7.98. The van der Waals surface area contributed by atoms with Gasteiger partial charge in [-0.2, -0.15) is 22.0 Å². The van der Waals surface area contributed by atoms with Crippen molar-refractivity contribution >= 4 is 22.1 Å². The van der Waals surface area contributed by atoms with Gasteiger partial charge >= 0.3 is 23.4 Å². The van der Waals surface area contributed by atoms with Crippen molar-refractivity contribution in [2.24, 2.45) is 29.6 Å². The van der Waals surface area contributed by atoms with E-state index in [1.165, 1.54) is 0 Å². The van der Waals surface area contributed by atoms with Gasteiger partial charge in [0.25, 0.3) is 6.10 Å². The van der Waals surface area contributed by atoms with Crippen molar-refractivity contribution < 1.29 is 58.7 Å². The van der Waals surface area contributed by atoms with E-state index in [0.717, 1.165) is 19.3 Å². The quantitative estimate of drug-likeness (QED) is 0.292. The molecule has 0 aromatic carbocycles. The summed E-state index contributed by atoms with van der Waals surface area (Å²) in [6, 6.07) is 0. The summed E-state index contributed by atoms with van der Waals surface area (Å²) in [4.78, 5) is 26.0. The number of halogens is 5. The third kappa shape index (κ3) is 4.22. The van der Waals surface area contributed by atoms with Gasteiger partial charge in [0, 0.05) is 0 Å². The number of esters is 2. The maximum atomic E-state index is 13.9. The predicted octanol–water partition coefficient (Wildman–Crippen LogP) is 2.90. The summed E-state index contributed by atoms with van der Waals surface area (Å²) in [6.07, 6.45) is -6.92. The van der Waals surface area contributed by atoms with E-state index in [9.17, 15) is 44.5 Å². The molecule has 5 atom stereocenters. The van der Waals surface area contributed by atoms with Crippen LogP contribution in [0.2, 0.25) is 0 Å². The Kier molecular flexibility index (Phi) is 5.73. The molecule has 35 heavy (non-hydrogen) atoms. The van der Waals surface area contributed by atoms with Gasteiger partial charge in [0.15, 0.2) is 10.1 Å². The molecule has 6 bridgehead atoms. The lowest BCUT2D eigenvalue weighted by atomic mass is 9.54. The molecule has 198 valence electrons. The van der Waals surface area contributed by atoms with Crippen LogP contribution >= 0.6 is 0 Å². The average Bonchev–Trinajstić information content (AvgIpc) is 3.30. The van der Waals surface area contributed by atoms with Gasteiger partial charge in [-0.1, -0.05) is 0 Å². The van der Waals surface area contributed by atoms with Crippen LogP contribution in [0.3, 0.4) is 0 Å². The van der Waals surface area contributed by atoms with E-state index in [0.29, 0.717) is 43.4 Å². The third-order valence-electron chi connectivity index (χ3n) is 8.29. The zero-order chi connectivity index (χ0) is 25.6. The molecule has 5 unspecified atom stereocenters. The van der Waals surface area contributed by atoms with E-state index in [4.69, 9.17) is 9.47 Å². The number of fused-ring (bicyclic) bond motifs is 2. The van der Waals surface area contributed by atoms with Crippen LogP contribution in [-0.4, -0.2) is 60.3 Å². The van der Waals surface area contributed by atoms with Crippen LogP contribution in [0.5, 0.6) is 0 Å². The normalized spacial score (nSPS) is 41.1. The largest absolute Gasteiger partial charge is 0.743 e. The number of hydrogen-bond acceptors (Lipinski definition) is 8. The zero-order valence-electron chi connectivity index (χ0n) is 18.3. The highest BCUT2D eigenvalue weighted by Crippen LogP contribution is 2.58. The van der Waals surface area contributed by atoms with Gasteiger partial charge in [-0.3, -0.25) is 9.59 Å². The number of alkyl halides is 5. The first-order valence-corrected chi connectivity index (χ1v) is 13.0. The van der Waals surface area contributed by atoms with Gasteiger partial charge in [0.05, 0.1) is 24.0 Å². The van der Waals surface area contributed by atoms with Gasteiger partial charge < -0.3 is 18.8 Å². The molecule has 0 amide bonds. The van der Waals surface area contributed by atoms with Crippen LogP contribution in [0.15, 0.2) is 0 Å². The van der Waals surface area contributed by atoms with Crippen LogP contribution in [0, 0.1) is 29.6 Å². The van der Waals surface area contributed by atoms with E-state index >= 15 is 0 Å². The van der Waals surface area contributed by atoms with Gasteiger partial charge in [0.1, 0.15) is 5.60 Å². The fourth-order valence-electron chi connectivity index (χ4n) is 7.37. The van der Waals surface area contributed by atoms with Gasteiger partial charge in [-0.25, -0.2) is 8.42 Å². The second-order valence-electron chi connectivity index (χ2n) is 10.7. The molecule has 4 aliphatic carbocycles. The number of hydrogen-bond donors (Lipinski definition) is 0. The minimum Gasteiger partial charge on any atom is -0.743 e. The Labute approximate surface area is 197 Å². The first kappa shape index (κ1) is 25.1. The molecule has 6 fully saturated rings. The molecule has 6 aliphatic rings. The molecule has 14 heteroatoms. The Morgan fingerprint density at radius 2 is 1.34 bits per heavy atom. The van der Waals surface area contributed by atoms with E-state index < -0.39 is 69.2 Å². The molecular weight excluding hydrogens is 507 g/mol. The SMILES string of the molecule is O=C(OC(C(F)(F)F)C(F)(F)S(=O)(=O)[O-])C1C2CCC(O2)C1C(=O)OC12CC3CC(CC(C3)C1)C2. The van der Waals surface area contributed by atoms with Crippen molar-refractivity contribution in [3.8, 4) is 0 Å². The molecule has 2 aliphatic heterocycles. The Morgan fingerprint density at radius 1 is 0.886 bits per heavy atom. The molecule has 4 saturated carbocycles. The molecule has 0 aromatic heterocycles. The molecule has 8 nitrogen and oxygen atoms in total. The smallest absolute Gasteiger partial charge is 0.432 e. The molecule has 6 rings (SSSR count). The standard InChI is InChI=1S/C21H25F5O8S/c22-20(23,24)18(21(25,26)35(29,30)31)33-16(27)14-12-1-2-13(32-12)15(14)17(28)34-19-6-9-3-10(7-19)5-11(4-9)8-19/h9-15,18H,1-8H2,(H,29,30,31)/p-1. The maximum Gasteiger partial charge on any atom is 0.432 e. The van der Waals surface area contributed by atoms with Crippen molar-refractivity contribution in [2.75, 3.05) is 0 Å². The summed E-state index contributed by atoms with van der Waals surface area (Å²) < 4.78 is 115. The highest BCUT2D eigenvalue weighted by Gasteiger charge is 2.65. The third-order valence-corrected chi connectivity index (χ3v) is 9.17. The van der Waals surface area contributed by atoms with Gasteiger partial charge in [-0.05, 0) is 69.1 Å². The van der Waals surface area contributed by atoms with E-state index in [1.807, 2.05) is 0 Å². The molecular formula is C21H24F5O8S-. The highest BCUT2D eigenvalue weighted by molar-refractivity contribution is 7.86. The maximum absolute atomic E-state index is 13.9. The van der Waals surface area contributed by atoms with E-state index in [2.05, 4.69) is 4.74 Å². The summed E-state index contributed by atoms with van der Waals surface area (Å²) in [5.41, 5.74) is -0.722. The van der Waals surface area contributed by atoms with Crippen LogP contribution in [0.1, 0.15) is 51.4 Å². The highest BCUT2D eigenvalue weighted by atomic mass is 32.2. The summed E-state index contributed by atoms with van der Waals surface area (Å²) in [7, 11) is -6.83. The predicted molar refractivity (Wildman–Crippen MR) is 102 cm³/mol. The molecule has 0 spiro atoms. The van der Waals surface area contributed by atoms with Crippen molar-refractivity contribution in [1.82, 2.24) is 0 Å². The summed E-state index contributed by atoms with van der Waals surface area (Å²) in [6.45, 7) is 0. The lowest BCUT2D eigenvalue weighted by Gasteiger charge is -2.56. The van der Waals surface area contributed by atoms with Gasteiger partial charge in [-0.15, -0.1) is 0 Å². The number of ether oxygens (including phenoxy) is 3. The minimum absolute atomic E-state index is 0.165. The van der Waals surface area contributed by atoms with Gasteiger partial charge in [0.2, 0.25) is 0 Å². The lowest BCUT2D eigenvalue weighted by Crippen LogP contribution is -2.55. The number of carbonyl (C=O) groups excluding carboxylic acids is 2. The van der Waals surface area contributed by atoms with Crippen LogP contribution in [0.4, 0.5) is 22.0 Å². The fraction of sp³-hybridized carbons (Fsp3) is 0.905. The minimum atomic E-state index is -6.83. The fourth-order valence-corrected chi connectivity index (χ4v) is 7.81. The number of rotatable bonds is 6. The number of carbonyl (C=O) groups is 2.